The zero-order valence-electron chi connectivity index (χ0n) is 35.2. The molecule has 6 N–H and O–H groups in total. The molecule has 1 fully saturated rings. The van der Waals surface area contributed by atoms with Crippen molar-refractivity contribution >= 4 is 5.91 Å². The molecule has 0 aromatic heterocycles. The van der Waals surface area contributed by atoms with E-state index in [-0.39, 0.29) is 12.5 Å². The van der Waals surface area contributed by atoms with Crippen LogP contribution in [0.1, 0.15) is 194 Å². The first-order valence-electron chi connectivity index (χ1n) is 22.7. The second-order valence-corrected chi connectivity index (χ2v) is 15.8. The smallest absolute Gasteiger partial charge is 0.220 e. The van der Waals surface area contributed by atoms with Gasteiger partial charge in [0.2, 0.25) is 5.91 Å². The number of nitrogens with one attached hydrogen (secondary N) is 1. The molecule has 322 valence electrons. The van der Waals surface area contributed by atoms with Gasteiger partial charge < -0.3 is 40.3 Å². The number of aliphatic hydroxyl groups excluding tert-OH is 5. The van der Waals surface area contributed by atoms with Crippen molar-refractivity contribution in [1.29, 1.82) is 0 Å². The van der Waals surface area contributed by atoms with Gasteiger partial charge in [-0.2, -0.15) is 0 Å². The Morgan fingerprint density at radius 3 is 1.65 bits per heavy atom. The largest absolute Gasteiger partial charge is 0.394 e. The molecule has 9 nitrogen and oxygen atoms in total. The first-order valence-corrected chi connectivity index (χ1v) is 22.7. The standard InChI is InChI=1S/C46H85NO8/c1-3-5-7-9-11-13-15-16-17-18-19-20-21-22-23-24-26-28-30-32-34-36-42(50)47-39(38-54-46-45(53)44(52)43(51)41(37-48)55-46)40(49)35-33-31-29-27-25-14-12-10-8-6-4-2/h5,7,11,13,33,35,39-41,43-46,48-49,51-53H,3-4,6,8-10,12,14-32,34,36-38H2,1-2H3,(H,47,50)/b7-5-,13-11-,35-33+. The molecule has 0 aromatic rings. The van der Waals surface area contributed by atoms with Crippen molar-refractivity contribution in [3.8, 4) is 0 Å². The highest BCUT2D eigenvalue weighted by atomic mass is 16.7. The summed E-state index contributed by atoms with van der Waals surface area (Å²) in [5, 5.41) is 54.1. The highest BCUT2D eigenvalue weighted by Crippen LogP contribution is 2.22. The lowest BCUT2D eigenvalue weighted by molar-refractivity contribution is -0.302. The Bertz CT molecular complexity index is 956. The zero-order valence-corrected chi connectivity index (χ0v) is 35.2. The summed E-state index contributed by atoms with van der Waals surface area (Å²) in [6.07, 6.45) is 37.6. The molecule has 7 atom stereocenters. The molecule has 55 heavy (non-hydrogen) atoms. The maximum atomic E-state index is 12.9. The molecule has 1 saturated heterocycles. The van der Waals surface area contributed by atoms with Crippen molar-refractivity contribution in [3.05, 3.63) is 36.5 Å². The highest BCUT2D eigenvalue weighted by Gasteiger charge is 2.44. The van der Waals surface area contributed by atoms with Crippen LogP contribution in [0.3, 0.4) is 0 Å². The third-order valence-electron chi connectivity index (χ3n) is 10.7. The molecular formula is C46H85NO8. The van der Waals surface area contributed by atoms with Crippen LogP contribution in [-0.2, 0) is 14.3 Å². The fourth-order valence-electron chi connectivity index (χ4n) is 7.08. The first-order chi connectivity index (χ1) is 26.8. The number of hydrogen-bond donors (Lipinski definition) is 6. The predicted octanol–water partition coefficient (Wildman–Crippen LogP) is 9.28. The molecule has 0 aliphatic carbocycles. The highest BCUT2D eigenvalue weighted by molar-refractivity contribution is 5.76. The lowest BCUT2D eigenvalue weighted by atomic mass is 9.99. The summed E-state index contributed by atoms with van der Waals surface area (Å²) in [5.41, 5.74) is 0. The molecule has 1 aliphatic heterocycles. The Morgan fingerprint density at radius 2 is 1.13 bits per heavy atom. The SMILES string of the molecule is CC/C=C\C/C=C\CCCCCCCCCCCCCCCCC(=O)NC(COC1OC(CO)C(O)C(O)C1O)C(O)/C=C/CCCCCCCCCCC. The molecule has 0 bridgehead atoms. The molecule has 1 rings (SSSR count). The number of rotatable bonds is 37. The number of ether oxygens (including phenoxy) is 2. The van der Waals surface area contributed by atoms with E-state index < -0.39 is 49.5 Å². The maximum absolute atomic E-state index is 12.9. The minimum absolute atomic E-state index is 0.180. The molecule has 0 spiro atoms. The lowest BCUT2D eigenvalue weighted by Gasteiger charge is -2.40. The second kappa shape index (κ2) is 36.7. The van der Waals surface area contributed by atoms with Gasteiger partial charge in [0.05, 0.1) is 25.4 Å². The number of carbonyl (C=O) groups is 1. The molecule has 0 saturated carbocycles. The quantitative estimate of drug-likeness (QED) is 0.0270. The fraction of sp³-hybridized carbons (Fsp3) is 0.848. The average Bonchev–Trinajstić information content (AvgIpc) is 3.18. The van der Waals surface area contributed by atoms with E-state index in [0.29, 0.717) is 6.42 Å². The third kappa shape index (κ3) is 27.6. The summed E-state index contributed by atoms with van der Waals surface area (Å²) >= 11 is 0. The van der Waals surface area contributed by atoms with Crippen molar-refractivity contribution in [3.63, 3.8) is 0 Å². The van der Waals surface area contributed by atoms with Crippen LogP contribution in [0.2, 0.25) is 0 Å². The van der Waals surface area contributed by atoms with E-state index in [9.17, 15) is 30.3 Å². The maximum Gasteiger partial charge on any atom is 0.220 e. The molecular weight excluding hydrogens is 695 g/mol. The summed E-state index contributed by atoms with van der Waals surface area (Å²) < 4.78 is 11.2. The van der Waals surface area contributed by atoms with Gasteiger partial charge in [-0.15, -0.1) is 0 Å². The average molecular weight is 780 g/mol. The topological polar surface area (TPSA) is 149 Å². The number of allylic oxidation sites excluding steroid dienone is 5. The molecule has 0 radical (unpaired) electrons. The zero-order chi connectivity index (χ0) is 40.2. The Labute approximate surface area is 336 Å². The molecule has 1 amide bonds. The monoisotopic (exact) mass is 780 g/mol. The normalized spacial score (nSPS) is 21.6. The summed E-state index contributed by atoms with van der Waals surface area (Å²) in [6.45, 7) is 3.65. The van der Waals surface area contributed by atoms with E-state index in [1.807, 2.05) is 6.08 Å². The van der Waals surface area contributed by atoms with E-state index in [0.717, 1.165) is 51.4 Å². The van der Waals surface area contributed by atoms with Crippen molar-refractivity contribution in [2.24, 2.45) is 0 Å². The molecule has 1 aliphatic rings. The van der Waals surface area contributed by atoms with E-state index in [2.05, 4.69) is 43.5 Å². The molecule has 7 unspecified atom stereocenters. The third-order valence-corrected chi connectivity index (χ3v) is 10.7. The van der Waals surface area contributed by atoms with Crippen LogP contribution < -0.4 is 5.32 Å². The van der Waals surface area contributed by atoms with Crippen molar-refractivity contribution in [1.82, 2.24) is 5.32 Å². The van der Waals surface area contributed by atoms with Crippen LogP contribution >= 0.6 is 0 Å². The van der Waals surface area contributed by atoms with Crippen LogP contribution in [0.5, 0.6) is 0 Å². The Morgan fingerprint density at radius 1 is 0.636 bits per heavy atom. The first kappa shape index (κ1) is 51.4. The Balaban J connectivity index is 2.29. The molecule has 9 heteroatoms. The van der Waals surface area contributed by atoms with E-state index in [1.54, 1.807) is 6.08 Å². The van der Waals surface area contributed by atoms with Gasteiger partial charge in [-0.1, -0.05) is 179 Å². The van der Waals surface area contributed by atoms with Crippen molar-refractivity contribution in [2.45, 2.75) is 236 Å². The second-order valence-electron chi connectivity index (χ2n) is 15.8. The van der Waals surface area contributed by atoms with Gasteiger partial charge in [-0.3, -0.25) is 4.79 Å². The van der Waals surface area contributed by atoms with E-state index in [4.69, 9.17) is 9.47 Å². The van der Waals surface area contributed by atoms with Gasteiger partial charge in [-0.25, -0.2) is 0 Å². The Kier molecular flexibility index (Phi) is 34.3. The molecule has 1 heterocycles. The summed E-state index contributed by atoms with van der Waals surface area (Å²) in [5.74, 6) is -0.180. The van der Waals surface area contributed by atoms with E-state index >= 15 is 0 Å². The summed E-state index contributed by atoms with van der Waals surface area (Å²) in [4.78, 5) is 12.9. The number of unbranched alkanes of at least 4 members (excludes halogenated alkanes) is 23. The number of amides is 1. The number of aliphatic hydroxyl groups is 5. The predicted molar refractivity (Wildman–Crippen MR) is 226 cm³/mol. The number of hydrogen-bond acceptors (Lipinski definition) is 8. The van der Waals surface area contributed by atoms with E-state index in [1.165, 1.54) is 122 Å². The van der Waals surface area contributed by atoms with Crippen LogP contribution in [0.4, 0.5) is 0 Å². The van der Waals surface area contributed by atoms with Gasteiger partial charge in [0.15, 0.2) is 6.29 Å². The van der Waals surface area contributed by atoms with Gasteiger partial charge in [-0.05, 0) is 44.9 Å². The van der Waals surface area contributed by atoms with Crippen LogP contribution in [0, 0.1) is 0 Å². The van der Waals surface area contributed by atoms with Crippen LogP contribution in [-0.4, -0.2) is 87.5 Å². The molecule has 0 aromatic carbocycles. The summed E-state index contributed by atoms with van der Waals surface area (Å²) in [6, 6.07) is -0.801. The minimum atomic E-state index is -1.56. The van der Waals surface area contributed by atoms with Gasteiger partial charge in [0, 0.05) is 6.42 Å². The van der Waals surface area contributed by atoms with Crippen LogP contribution in [0.25, 0.3) is 0 Å². The Hall–Kier alpha value is -1.59. The van der Waals surface area contributed by atoms with Gasteiger partial charge in [0.1, 0.15) is 24.4 Å². The summed E-state index contributed by atoms with van der Waals surface area (Å²) in [7, 11) is 0. The fourth-order valence-corrected chi connectivity index (χ4v) is 7.08. The van der Waals surface area contributed by atoms with Gasteiger partial charge >= 0.3 is 0 Å². The lowest BCUT2D eigenvalue weighted by Crippen LogP contribution is -2.60. The van der Waals surface area contributed by atoms with Gasteiger partial charge in [0.25, 0.3) is 0 Å². The van der Waals surface area contributed by atoms with Crippen LogP contribution in [0.15, 0.2) is 36.5 Å². The van der Waals surface area contributed by atoms with Crippen molar-refractivity contribution < 1.29 is 39.8 Å². The van der Waals surface area contributed by atoms with Crippen molar-refractivity contribution in [2.75, 3.05) is 13.2 Å². The minimum Gasteiger partial charge on any atom is -0.394 e. The number of carbonyl (C=O) groups excluding carboxylic acids is 1.